The molecular formula is C20H16F3N5O4. The summed E-state index contributed by atoms with van der Waals surface area (Å²) in [6, 6.07) is 2.83. The molecule has 1 amide bonds. The highest BCUT2D eigenvalue weighted by Crippen LogP contribution is 2.37. The van der Waals surface area contributed by atoms with Crippen molar-refractivity contribution in [3.8, 4) is 0 Å². The number of imidazole rings is 1. The van der Waals surface area contributed by atoms with Gasteiger partial charge in [-0.15, -0.1) is 0 Å². The van der Waals surface area contributed by atoms with Gasteiger partial charge in [0.1, 0.15) is 17.4 Å². The number of nitrogens with zero attached hydrogens (tertiary/aromatic N) is 4. The molecule has 0 radical (unpaired) electrons. The van der Waals surface area contributed by atoms with E-state index >= 15 is 0 Å². The number of amides is 1. The third kappa shape index (κ3) is 3.23. The molecule has 0 aliphatic carbocycles. The van der Waals surface area contributed by atoms with Gasteiger partial charge in [0.15, 0.2) is 17.3 Å². The van der Waals surface area contributed by atoms with Crippen LogP contribution in [0.15, 0.2) is 33.4 Å². The molecule has 1 aliphatic heterocycles. The van der Waals surface area contributed by atoms with Crippen LogP contribution in [0.3, 0.4) is 0 Å². The number of benzene rings is 1. The lowest BCUT2D eigenvalue weighted by molar-refractivity contribution is 0.0612. The molecule has 0 bridgehead atoms. The van der Waals surface area contributed by atoms with E-state index in [2.05, 4.69) is 19.9 Å². The number of aromatic amines is 1. The number of fused-ring (bicyclic) bond motifs is 2. The van der Waals surface area contributed by atoms with Crippen LogP contribution >= 0.6 is 0 Å². The van der Waals surface area contributed by atoms with Gasteiger partial charge in [0, 0.05) is 24.7 Å². The number of aromatic nitrogens is 4. The van der Waals surface area contributed by atoms with Crippen molar-refractivity contribution < 1.29 is 31.9 Å². The highest BCUT2D eigenvalue weighted by Gasteiger charge is 2.41. The Morgan fingerprint density at radius 3 is 2.88 bits per heavy atom. The summed E-state index contributed by atoms with van der Waals surface area (Å²) < 4.78 is 51.7. The van der Waals surface area contributed by atoms with E-state index in [0.29, 0.717) is 17.7 Å². The number of alkyl halides is 2. The Balaban J connectivity index is 1.62. The van der Waals surface area contributed by atoms with Crippen LogP contribution in [-0.2, 0) is 6.42 Å². The highest BCUT2D eigenvalue weighted by atomic mass is 19.3. The topological polar surface area (TPSA) is 121 Å². The molecule has 0 unspecified atom stereocenters. The SMILES string of the molecule is C[C@@H](O)c1nc(C(F)F)c(C(=O)N2CCc3[nH]cnc3[C@H]2c2nc3cc(F)ccc3o2)o1. The van der Waals surface area contributed by atoms with Crippen LogP contribution in [0, 0.1) is 5.82 Å². The monoisotopic (exact) mass is 447 g/mol. The van der Waals surface area contributed by atoms with Crippen molar-refractivity contribution in [1.82, 2.24) is 24.8 Å². The number of oxazole rings is 2. The number of H-pyrrole nitrogens is 1. The molecule has 2 atom stereocenters. The van der Waals surface area contributed by atoms with Crippen LogP contribution in [0.1, 0.15) is 64.9 Å². The average molecular weight is 447 g/mol. The van der Waals surface area contributed by atoms with E-state index in [-0.39, 0.29) is 18.0 Å². The minimum atomic E-state index is -3.10. The minimum Gasteiger partial charge on any atom is -0.438 e. The molecule has 3 aromatic heterocycles. The first-order chi connectivity index (χ1) is 15.3. The zero-order valence-electron chi connectivity index (χ0n) is 16.6. The second-order valence-corrected chi connectivity index (χ2v) is 7.32. The molecule has 4 heterocycles. The maximum Gasteiger partial charge on any atom is 0.292 e. The number of hydrogen-bond donors (Lipinski definition) is 2. The molecule has 0 spiro atoms. The van der Waals surface area contributed by atoms with Crippen molar-refractivity contribution in [3.05, 3.63) is 65.0 Å². The van der Waals surface area contributed by atoms with Gasteiger partial charge >= 0.3 is 0 Å². The van der Waals surface area contributed by atoms with Crippen LogP contribution in [0.2, 0.25) is 0 Å². The van der Waals surface area contributed by atoms with Crippen LogP contribution < -0.4 is 0 Å². The summed E-state index contributed by atoms with van der Waals surface area (Å²) >= 11 is 0. The lowest BCUT2D eigenvalue weighted by Gasteiger charge is -2.32. The Hall–Kier alpha value is -3.67. The number of nitrogens with one attached hydrogen (secondary N) is 1. The standard InChI is InChI=1S/C20H16F3N5O4/c1-8(29)18-27-14(17(22)23)16(32-18)20(30)28-5-4-10-13(25-7-24-10)15(28)19-26-11-6-9(21)2-3-12(11)31-19/h2-3,6-8,15,17,29H,4-5H2,1H3,(H,24,25)/t8-,15+/m1/s1. The van der Waals surface area contributed by atoms with E-state index in [4.69, 9.17) is 8.83 Å². The van der Waals surface area contributed by atoms with Crippen molar-refractivity contribution in [2.24, 2.45) is 0 Å². The van der Waals surface area contributed by atoms with E-state index in [0.717, 1.165) is 5.69 Å². The van der Waals surface area contributed by atoms with Gasteiger partial charge in [-0.1, -0.05) is 0 Å². The van der Waals surface area contributed by atoms with Gasteiger partial charge in [0.25, 0.3) is 12.3 Å². The van der Waals surface area contributed by atoms with Crippen LogP contribution in [0.4, 0.5) is 13.2 Å². The van der Waals surface area contributed by atoms with Gasteiger partial charge in [-0.2, -0.15) is 0 Å². The lowest BCUT2D eigenvalue weighted by atomic mass is 10.0. The van der Waals surface area contributed by atoms with Gasteiger partial charge in [-0.3, -0.25) is 4.79 Å². The Labute approximate surface area is 177 Å². The molecule has 2 N–H and O–H groups in total. The Kier molecular flexibility index (Phi) is 4.73. The van der Waals surface area contributed by atoms with E-state index < -0.39 is 47.6 Å². The maximum absolute atomic E-state index is 13.6. The van der Waals surface area contributed by atoms with Gasteiger partial charge < -0.3 is 23.8 Å². The normalized spacial score (nSPS) is 17.2. The third-order valence-electron chi connectivity index (χ3n) is 5.21. The molecule has 0 fully saturated rings. The summed E-state index contributed by atoms with van der Waals surface area (Å²) in [4.78, 5) is 29.7. The van der Waals surface area contributed by atoms with Gasteiger partial charge in [-0.25, -0.2) is 28.1 Å². The first-order valence-corrected chi connectivity index (χ1v) is 9.69. The van der Waals surface area contributed by atoms with Gasteiger partial charge in [-0.05, 0) is 19.1 Å². The van der Waals surface area contributed by atoms with Crippen LogP contribution in [0.5, 0.6) is 0 Å². The fourth-order valence-corrected chi connectivity index (χ4v) is 3.74. The average Bonchev–Trinajstić information content (AvgIpc) is 3.48. The molecule has 32 heavy (non-hydrogen) atoms. The predicted octanol–water partition coefficient (Wildman–Crippen LogP) is 3.46. The zero-order chi connectivity index (χ0) is 22.6. The molecule has 0 saturated heterocycles. The van der Waals surface area contributed by atoms with E-state index in [9.17, 15) is 23.1 Å². The Bertz CT molecular complexity index is 1310. The molecule has 12 heteroatoms. The number of aliphatic hydroxyl groups is 1. The molecule has 0 saturated carbocycles. The molecule has 1 aromatic carbocycles. The number of halogens is 3. The summed E-state index contributed by atoms with van der Waals surface area (Å²) in [7, 11) is 0. The maximum atomic E-state index is 13.6. The summed E-state index contributed by atoms with van der Waals surface area (Å²) in [5.74, 6) is -2.42. The van der Waals surface area contributed by atoms with Gasteiger partial charge in [0.2, 0.25) is 17.5 Å². The van der Waals surface area contributed by atoms with E-state index in [1.165, 1.54) is 36.4 Å². The number of aliphatic hydroxyl groups excluding tert-OH is 1. The number of rotatable bonds is 4. The largest absolute Gasteiger partial charge is 0.438 e. The van der Waals surface area contributed by atoms with Crippen molar-refractivity contribution in [2.75, 3.05) is 6.54 Å². The first-order valence-electron chi connectivity index (χ1n) is 9.69. The quantitative estimate of drug-likeness (QED) is 0.491. The second-order valence-electron chi connectivity index (χ2n) is 7.32. The summed E-state index contributed by atoms with van der Waals surface area (Å²) in [5.41, 5.74) is 0.812. The zero-order valence-corrected chi connectivity index (χ0v) is 16.6. The number of hydrogen-bond acceptors (Lipinski definition) is 7. The predicted molar refractivity (Wildman–Crippen MR) is 101 cm³/mol. The third-order valence-corrected chi connectivity index (χ3v) is 5.21. The Morgan fingerprint density at radius 1 is 1.31 bits per heavy atom. The van der Waals surface area contributed by atoms with Crippen molar-refractivity contribution >= 4 is 17.0 Å². The smallest absolute Gasteiger partial charge is 0.292 e. The van der Waals surface area contributed by atoms with Crippen LogP contribution in [0.25, 0.3) is 11.1 Å². The number of carbonyl (C=O) groups excluding carboxylic acids is 1. The summed E-state index contributed by atoms with van der Waals surface area (Å²) in [5, 5.41) is 9.67. The lowest BCUT2D eigenvalue weighted by Crippen LogP contribution is -2.41. The molecular weight excluding hydrogens is 431 g/mol. The van der Waals surface area contributed by atoms with Crippen molar-refractivity contribution in [2.45, 2.75) is 31.9 Å². The van der Waals surface area contributed by atoms with E-state index in [1.807, 2.05) is 0 Å². The van der Waals surface area contributed by atoms with E-state index in [1.54, 1.807) is 0 Å². The van der Waals surface area contributed by atoms with Crippen LogP contribution in [-0.4, -0.2) is 42.4 Å². The highest BCUT2D eigenvalue weighted by molar-refractivity contribution is 5.93. The molecule has 4 aromatic rings. The van der Waals surface area contributed by atoms with Crippen molar-refractivity contribution in [3.63, 3.8) is 0 Å². The Morgan fingerprint density at radius 2 is 2.12 bits per heavy atom. The van der Waals surface area contributed by atoms with Crippen molar-refractivity contribution in [1.29, 1.82) is 0 Å². The molecule has 1 aliphatic rings. The summed E-state index contributed by atoms with van der Waals surface area (Å²) in [6.45, 7) is 1.39. The fourth-order valence-electron chi connectivity index (χ4n) is 3.74. The first kappa shape index (κ1) is 20.2. The fraction of sp³-hybridized carbons (Fsp3) is 0.300. The minimum absolute atomic E-state index is 0.0425. The molecule has 166 valence electrons. The molecule has 5 rings (SSSR count). The molecule has 9 nitrogen and oxygen atoms in total. The summed E-state index contributed by atoms with van der Waals surface area (Å²) in [6.07, 6.45) is -2.57. The second kappa shape index (κ2) is 7.48. The number of carbonyl (C=O) groups is 1. The van der Waals surface area contributed by atoms with Gasteiger partial charge in [0.05, 0.1) is 12.0 Å².